The lowest BCUT2D eigenvalue weighted by atomic mass is 10.2. The van der Waals surface area contributed by atoms with Gasteiger partial charge in [-0.2, -0.15) is 0 Å². The van der Waals surface area contributed by atoms with E-state index in [0.29, 0.717) is 21.6 Å². The summed E-state index contributed by atoms with van der Waals surface area (Å²) in [6.07, 6.45) is 0. The Labute approximate surface area is 125 Å². The molecule has 0 atom stereocenters. The molecule has 3 aromatic rings. The lowest BCUT2D eigenvalue weighted by Gasteiger charge is -2.10. The number of aryl methyl sites for hydroxylation is 1. The van der Waals surface area contributed by atoms with Gasteiger partial charge in [0, 0.05) is 0 Å². The van der Waals surface area contributed by atoms with Gasteiger partial charge in [0.25, 0.3) is 0 Å². The number of aromatic nitrogens is 2. The van der Waals surface area contributed by atoms with Crippen molar-refractivity contribution in [3.05, 3.63) is 48.0 Å². The summed E-state index contributed by atoms with van der Waals surface area (Å²) in [6, 6.07) is 12.7. The summed E-state index contributed by atoms with van der Waals surface area (Å²) in [4.78, 5) is 0. The number of hydrogen-bond acceptors (Lipinski definition) is 6. The molecule has 0 saturated carbocycles. The van der Waals surface area contributed by atoms with Crippen molar-refractivity contribution in [1.29, 1.82) is 0 Å². The number of nitrogen functional groups attached to an aromatic ring is 1. The molecule has 0 spiro atoms. The summed E-state index contributed by atoms with van der Waals surface area (Å²) < 4.78 is 5.81. The lowest BCUT2D eigenvalue weighted by molar-refractivity contribution is 0.411. The molecule has 0 aliphatic carbocycles. The van der Waals surface area contributed by atoms with Crippen LogP contribution in [0.5, 0.6) is 17.2 Å². The molecule has 21 heavy (non-hydrogen) atoms. The van der Waals surface area contributed by atoms with Crippen LogP contribution in [0.2, 0.25) is 0 Å². The molecule has 0 saturated heterocycles. The highest BCUT2D eigenvalue weighted by atomic mass is 32.1. The molecular weight excluding hydrogens is 286 g/mol. The van der Waals surface area contributed by atoms with Crippen molar-refractivity contribution in [2.45, 2.75) is 6.92 Å². The molecule has 1 heterocycles. The van der Waals surface area contributed by atoms with Crippen molar-refractivity contribution >= 4 is 16.5 Å². The van der Waals surface area contributed by atoms with Gasteiger partial charge in [-0.3, -0.25) is 0 Å². The van der Waals surface area contributed by atoms with Crippen molar-refractivity contribution in [1.82, 2.24) is 10.2 Å². The average Bonchev–Trinajstić information content (AvgIpc) is 2.89. The summed E-state index contributed by atoms with van der Waals surface area (Å²) >= 11 is 1.29. The second kappa shape index (κ2) is 5.41. The third kappa shape index (κ3) is 2.80. The number of para-hydroxylation sites is 1. The van der Waals surface area contributed by atoms with Gasteiger partial charge in [-0.25, -0.2) is 0 Å². The van der Waals surface area contributed by atoms with Gasteiger partial charge in [0.15, 0.2) is 16.5 Å². The number of phenols is 1. The molecule has 3 rings (SSSR count). The molecule has 2 aromatic carbocycles. The average molecular weight is 299 g/mol. The summed E-state index contributed by atoms with van der Waals surface area (Å²) in [5.74, 6) is 1.08. The maximum atomic E-state index is 9.95. The van der Waals surface area contributed by atoms with E-state index in [0.717, 1.165) is 11.1 Å². The van der Waals surface area contributed by atoms with E-state index in [4.69, 9.17) is 10.5 Å². The molecule has 3 N–H and O–H groups in total. The van der Waals surface area contributed by atoms with E-state index in [1.807, 2.05) is 37.3 Å². The minimum absolute atomic E-state index is 0.0987. The van der Waals surface area contributed by atoms with E-state index in [2.05, 4.69) is 10.2 Å². The number of hydrogen-bond donors (Lipinski definition) is 2. The Morgan fingerprint density at radius 3 is 2.62 bits per heavy atom. The van der Waals surface area contributed by atoms with Crippen molar-refractivity contribution in [3.8, 4) is 27.8 Å². The minimum Gasteiger partial charge on any atom is -0.504 e. The summed E-state index contributed by atoms with van der Waals surface area (Å²) in [7, 11) is 0. The van der Waals surface area contributed by atoms with E-state index in [-0.39, 0.29) is 5.75 Å². The number of nitrogens with two attached hydrogens (primary N) is 1. The van der Waals surface area contributed by atoms with Gasteiger partial charge in [-0.05, 0) is 36.8 Å². The van der Waals surface area contributed by atoms with Gasteiger partial charge in [0.05, 0.1) is 5.56 Å². The first-order valence-electron chi connectivity index (χ1n) is 6.29. The Hall–Kier alpha value is -2.60. The van der Waals surface area contributed by atoms with Crippen molar-refractivity contribution in [3.63, 3.8) is 0 Å². The van der Waals surface area contributed by atoms with Gasteiger partial charge in [-0.15, -0.1) is 10.2 Å². The fraction of sp³-hybridized carbons (Fsp3) is 0.0667. The van der Waals surface area contributed by atoms with E-state index in [9.17, 15) is 5.11 Å². The number of aromatic hydroxyl groups is 1. The van der Waals surface area contributed by atoms with Crippen LogP contribution < -0.4 is 10.5 Å². The highest BCUT2D eigenvalue weighted by Gasteiger charge is 2.13. The molecule has 0 fully saturated rings. The maximum absolute atomic E-state index is 9.95. The highest BCUT2D eigenvalue weighted by Crippen LogP contribution is 2.38. The molecule has 106 valence electrons. The molecule has 0 bridgehead atoms. The van der Waals surface area contributed by atoms with Crippen LogP contribution in [0, 0.1) is 6.92 Å². The molecule has 0 amide bonds. The Kier molecular flexibility index (Phi) is 3.45. The number of nitrogens with zero attached hydrogens (tertiary/aromatic N) is 2. The third-order valence-corrected chi connectivity index (χ3v) is 3.68. The Morgan fingerprint density at radius 1 is 1.10 bits per heavy atom. The van der Waals surface area contributed by atoms with Crippen LogP contribution in [-0.2, 0) is 0 Å². The fourth-order valence-electron chi connectivity index (χ4n) is 1.91. The SMILES string of the molecule is Cc1ccc(Oc2ccccc2-c2nnc(N)s2)c(O)c1. The standard InChI is InChI=1S/C15H13N3O2S/c1-9-6-7-13(11(19)8-9)20-12-5-3-2-4-10(12)14-17-18-15(16)21-14/h2-8,19H,1H3,(H2,16,18). The summed E-state index contributed by atoms with van der Waals surface area (Å²) in [5.41, 5.74) is 7.37. The quantitative estimate of drug-likeness (QED) is 0.772. The van der Waals surface area contributed by atoms with Crippen LogP contribution in [0.4, 0.5) is 5.13 Å². The number of anilines is 1. The van der Waals surface area contributed by atoms with Crippen LogP contribution in [0.3, 0.4) is 0 Å². The molecule has 0 aliphatic rings. The zero-order valence-electron chi connectivity index (χ0n) is 11.3. The molecular formula is C15H13N3O2S. The first-order valence-corrected chi connectivity index (χ1v) is 7.11. The predicted molar refractivity (Wildman–Crippen MR) is 82.7 cm³/mol. The van der Waals surface area contributed by atoms with E-state index < -0.39 is 0 Å². The molecule has 0 unspecified atom stereocenters. The smallest absolute Gasteiger partial charge is 0.203 e. The largest absolute Gasteiger partial charge is 0.504 e. The maximum Gasteiger partial charge on any atom is 0.203 e. The minimum atomic E-state index is 0.0987. The molecule has 5 nitrogen and oxygen atoms in total. The first kappa shape index (κ1) is 13.4. The lowest BCUT2D eigenvalue weighted by Crippen LogP contribution is -1.89. The number of phenolic OH excluding ortho intramolecular Hbond substituents is 1. The summed E-state index contributed by atoms with van der Waals surface area (Å²) in [6.45, 7) is 1.90. The van der Waals surface area contributed by atoms with Crippen LogP contribution >= 0.6 is 11.3 Å². The molecule has 6 heteroatoms. The fourth-order valence-corrected chi connectivity index (χ4v) is 2.55. The van der Waals surface area contributed by atoms with Crippen LogP contribution in [0.25, 0.3) is 10.6 Å². The topological polar surface area (TPSA) is 81.3 Å². The Morgan fingerprint density at radius 2 is 1.90 bits per heavy atom. The zero-order chi connectivity index (χ0) is 14.8. The summed E-state index contributed by atoms with van der Waals surface area (Å²) in [5, 5.41) is 18.9. The van der Waals surface area contributed by atoms with E-state index in [1.165, 1.54) is 11.3 Å². The van der Waals surface area contributed by atoms with Gasteiger partial charge >= 0.3 is 0 Å². The Bertz CT molecular complexity index is 786. The van der Waals surface area contributed by atoms with Crippen molar-refractivity contribution in [2.75, 3.05) is 5.73 Å². The third-order valence-electron chi connectivity index (χ3n) is 2.89. The number of rotatable bonds is 3. The second-order valence-corrected chi connectivity index (χ2v) is 5.52. The van der Waals surface area contributed by atoms with Gasteiger partial charge < -0.3 is 15.6 Å². The first-order chi connectivity index (χ1) is 10.1. The van der Waals surface area contributed by atoms with E-state index in [1.54, 1.807) is 12.1 Å². The van der Waals surface area contributed by atoms with Crippen LogP contribution in [0.1, 0.15) is 5.56 Å². The normalized spacial score (nSPS) is 10.5. The van der Waals surface area contributed by atoms with Crippen molar-refractivity contribution in [2.24, 2.45) is 0 Å². The molecule has 1 aromatic heterocycles. The number of benzene rings is 2. The highest BCUT2D eigenvalue weighted by molar-refractivity contribution is 7.18. The Balaban J connectivity index is 1.99. The van der Waals surface area contributed by atoms with Crippen molar-refractivity contribution < 1.29 is 9.84 Å². The molecule has 0 radical (unpaired) electrons. The predicted octanol–water partition coefficient (Wildman–Crippen LogP) is 3.59. The van der Waals surface area contributed by atoms with Gasteiger partial charge in [-0.1, -0.05) is 29.5 Å². The monoisotopic (exact) mass is 299 g/mol. The number of ether oxygens (including phenoxy) is 1. The molecule has 0 aliphatic heterocycles. The van der Waals surface area contributed by atoms with Crippen LogP contribution in [-0.4, -0.2) is 15.3 Å². The zero-order valence-corrected chi connectivity index (χ0v) is 12.1. The van der Waals surface area contributed by atoms with Gasteiger partial charge in [0.2, 0.25) is 5.13 Å². The second-order valence-electron chi connectivity index (χ2n) is 4.51. The van der Waals surface area contributed by atoms with E-state index >= 15 is 0 Å². The van der Waals surface area contributed by atoms with Crippen LogP contribution in [0.15, 0.2) is 42.5 Å². The van der Waals surface area contributed by atoms with Gasteiger partial charge in [0.1, 0.15) is 5.75 Å².